The Morgan fingerprint density at radius 3 is 1.30 bits per heavy atom. The highest BCUT2D eigenvalue weighted by Crippen LogP contribution is 2.36. The molecule has 0 aliphatic carbocycles. The van der Waals surface area contributed by atoms with Crippen LogP contribution < -0.4 is 9.79 Å². The summed E-state index contributed by atoms with van der Waals surface area (Å²) in [4.78, 5) is 34.0. The number of hydrogen-bond donors (Lipinski definition) is 17. The molecule has 6 saturated heterocycles. The number of carbonyl (C=O) groups is 1. The van der Waals surface area contributed by atoms with E-state index in [-0.39, 0.29) is 31.7 Å². The van der Waals surface area contributed by atoms with Gasteiger partial charge in [-0.1, -0.05) is 6.92 Å². The van der Waals surface area contributed by atoms with Gasteiger partial charge in [0.15, 0.2) is 37.7 Å². The fraction of sp³-hybridized carbons (Fsp3) is 0.976. The highest BCUT2D eigenvalue weighted by molar-refractivity contribution is 7.43. The zero-order valence-corrected chi connectivity index (χ0v) is 42.1. The summed E-state index contributed by atoms with van der Waals surface area (Å²) in [6.07, 6.45) is -57.1. The van der Waals surface area contributed by atoms with E-state index >= 15 is 0 Å². The Kier molecular flexibility index (Phi) is 23.8. The number of Topliss-reactive ketones (excluding diaryl/α,β-unsaturated/α-hetero) is 1. The molecule has 17 N–H and O–H groups in total. The van der Waals surface area contributed by atoms with E-state index in [0.29, 0.717) is 0 Å². The predicted octanol–water partition coefficient (Wildman–Crippen LogP) is -12.4. The van der Waals surface area contributed by atoms with Crippen molar-refractivity contribution in [1.82, 2.24) is 0 Å². The van der Waals surface area contributed by atoms with Crippen LogP contribution in [0.2, 0.25) is 0 Å². The summed E-state index contributed by atoms with van der Waals surface area (Å²) >= 11 is 0. The average Bonchev–Trinajstić information content (AvgIpc) is 3.40. The number of ether oxygens (including phenoxy) is 12. The maximum atomic E-state index is 11.8. The molecule has 30 atom stereocenters. The molecule has 34 nitrogen and oxygen atoms in total. The molecule has 6 heterocycles. The van der Waals surface area contributed by atoms with Crippen LogP contribution in [0.1, 0.15) is 33.1 Å². The number of carbonyl (C=O) groups excluding carboxylic acids is 1. The van der Waals surface area contributed by atoms with Crippen LogP contribution in [0, 0.1) is 0 Å². The fourth-order valence-electron chi connectivity index (χ4n) is 9.24. The van der Waals surface area contributed by atoms with Crippen molar-refractivity contribution < 1.29 is 167 Å². The van der Waals surface area contributed by atoms with Gasteiger partial charge in [-0.05, 0) is 19.8 Å². The van der Waals surface area contributed by atoms with Crippen LogP contribution in [0.5, 0.6) is 0 Å². The van der Waals surface area contributed by atoms with Gasteiger partial charge in [0.25, 0.3) is 0 Å². The lowest BCUT2D eigenvalue weighted by Crippen LogP contribution is -2.67. The first-order valence-corrected chi connectivity index (χ1v) is 26.0. The van der Waals surface area contributed by atoms with E-state index in [4.69, 9.17) is 56.8 Å². The van der Waals surface area contributed by atoms with E-state index in [2.05, 4.69) is 4.52 Å². The Morgan fingerprint density at radius 2 is 0.805 bits per heavy atom. The fourth-order valence-corrected chi connectivity index (χ4v) is 9.57. The first-order valence-electron chi connectivity index (χ1n) is 24.6. The molecule has 6 aliphatic rings. The van der Waals surface area contributed by atoms with Gasteiger partial charge in [0.1, 0.15) is 146 Å². The standard InChI is InChI=1S/C42H73O34P/c1-3-13-19(46)25(52)31(58)39(68-13)75-35-28(55)20(47)14(7-43)69-41(35)66-9-16-22(49)26(53)30(57)37(71-16)65-10-17-24(51)34(33(60)38(72-17)64-6-4-5-12(2)45)74-42-36(29(56)21(48)15(8-44)70-42)76-40-32(59)27(54)23(50)18(73-40)11-67-77(61,62)63/h13-44,46-60H,3-11H2,1-2H3,(H2,61,62,63)/p-2/t13?,14?,15?,16?,17?,18?,19-,20-,21-,22-,23-,24-,25+,26+,27+,28+,29+,30?,31?,32?,33?,34+,35?,36?,37+,38-,39+,40-,41+,42+/m1/s1. The summed E-state index contributed by atoms with van der Waals surface area (Å²) < 4.78 is 83.6. The Bertz CT molecular complexity index is 1860. The van der Waals surface area contributed by atoms with Crippen molar-refractivity contribution in [2.24, 2.45) is 0 Å². The van der Waals surface area contributed by atoms with Crippen LogP contribution in [0.25, 0.3) is 0 Å². The van der Waals surface area contributed by atoms with Crippen LogP contribution >= 0.6 is 7.82 Å². The van der Waals surface area contributed by atoms with Crippen LogP contribution in [-0.2, 0) is 70.7 Å². The second-order valence-corrected chi connectivity index (χ2v) is 20.4. The third-order valence-corrected chi connectivity index (χ3v) is 14.2. The molecular weight excluding hydrogens is 1080 g/mol. The zero-order chi connectivity index (χ0) is 57.0. The number of aliphatic hydroxyl groups is 17. The summed E-state index contributed by atoms with van der Waals surface area (Å²) in [5.41, 5.74) is 0. The normalized spacial score (nSPS) is 48.2. The Morgan fingerprint density at radius 1 is 0.429 bits per heavy atom. The van der Waals surface area contributed by atoms with Crippen molar-refractivity contribution >= 4 is 13.6 Å². The van der Waals surface area contributed by atoms with Crippen molar-refractivity contribution in [2.75, 3.05) is 39.6 Å². The van der Waals surface area contributed by atoms with E-state index in [1.807, 2.05) is 0 Å². The largest absolute Gasteiger partial charge is 0.790 e. The summed E-state index contributed by atoms with van der Waals surface area (Å²) in [6.45, 7) is -2.20. The molecule has 0 aromatic rings. The minimum absolute atomic E-state index is 0.00411. The van der Waals surface area contributed by atoms with E-state index < -0.39 is 225 Å². The summed E-state index contributed by atoms with van der Waals surface area (Å²) in [7, 11) is -5.69. The Labute approximate surface area is 437 Å². The molecule has 0 spiro atoms. The number of rotatable bonds is 23. The average molecular weight is 1150 g/mol. The second-order valence-electron chi connectivity index (χ2n) is 19.3. The molecule has 12 unspecified atom stereocenters. The third-order valence-electron chi connectivity index (χ3n) is 13.8. The number of phosphoric ester groups is 1. The molecule has 450 valence electrons. The van der Waals surface area contributed by atoms with Crippen molar-refractivity contribution in [3.05, 3.63) is 0 Å². The van der Waals surface area contributed by atoms with Crippen molar-refractivity contribution in [1.29, 1.82) is 0 Å². The van der Waals surface area contributed by atoms with E-state index in [1.54, 1.807) is 6.92 Å². The Hall–Kier alpha value is -1.38. The number of phosphoric acid groups is 1. The predicted molar refractivity (Wildman–Crippen MR) is 232 cm³/mol. The quantitative estimate of drug-likeness (QED) is 0.0334. The highest BCUT2D eigenvalue weighted by Gasteiger charge is 2.56. The van der Waals surface area contributed by atoms with Crippen molar-refractivity contribution in [3.63, 3.8) is 0 Å². The van der Waals surface area contributed by atoms with Gasteiger partial charge in [0, 0.05) is 6.42 Å². The summed E-state index contributed by atoms with van der Waals surface area (Å²) in [5.74, 6) is -0.238. The van der Waals surface area contributed by atoms with Gasteiger partial charge in [-0.25, -0.2) is 0 Å². The lowest BCUT2D eigenvalue weighted by Gasteiger charge is -2.49. The lowest BCUT2D eigenvalue weighted by molar-refractivity contribution is -0.392. The molecule has 0 saturated carbocycles. The molecule has 6 aliphatic heterocycles. The van der Waals surface area contributed by atoms with Gasteiger partial charge in [-0.2, -0.15) is 0 Å². The summed E-state index contributed by atoms with van der Waals surface area (Å²) in [5, 5.41) is 183. The minimum atomic E-state index is -5.69. The van der Waals surface area contributed by atoms with Gasteiger partial charge in [-0.3, -0.25) is 0 Å². The molecule has 6 fully saturated rings. The van der Waals surface area contributed by atoms with Gasteiger partial charge < -0.3 is 167 Å². The SMILES string of the molecule is CCC1O[C@@H](OC2[C@@H](OCC3O[C@H](OCC4O[C@@H](OCCCC(C)=O)C(O)[C@@H](O[C@@H]5OC(CO)[C@@H](O)[C@H](O)C5O[C@H]5OC(COP(=O)([O-])[O-])[C@@H](O)[C@H](O)C5O)[C@@H]4O)C(O)[C@@H](O)[C@@H]3O)OC(CO)[C@@H](O)[C@@H]2O)C(O)[C@@H](O)[C@@H]1O. The third kappa shape index (κ3) is 15.4. The molecule has 6 rings (SSSR count). The van der Waals surface area contributed by atoms with Crippen LogP contribution in [-0.4, -0.2) is 316 Å². The van der Waals surface area contributed by atoms with E-state index in [1.165, 1.54) is 6.92 Å². The Balaban J connectivity index is 1.19. The monoisotopic (exact) mass is 1150 g/mol. The van der Waals surface area contributed by atoms with Gasteiger partial charge in [0.05, 0.1) is 53.6 Å². The molecule has 0 radical (unpaired) electrons. The lowest BCUT2D eigenvalue weighted by atomic mass is 9.96. The van der Waals surface area contributed by atoms with Crippen molar-refractivity contribution in [2.45, 2.75) is 217 Å². The van der Waals surface area contributed by atoms with Crippen LogP contribution in [0.4, 0.5) is 0 Å². The molecule has 0 aromatic heterocycles. The zero-order valence-electron chi connectivity index (χ0n) is 41.2. The van der Waals surface area contributed by atoms with Gasteiger partial charge >= 0.3 is 0 Å². The number of hydrogen-bond acceptors (Lipinski definition) is 34. The topological polar surface area (TPSA) is 544 Å². The highest BCUT2D eigenvalue weighted by atomic mass is 31.2. The molecule has 0 aromatic carbocycles. The number of ketones is 1. The van der Waals surface area contributed by atoms with Crippen LogP contribution in [0.15, 0.2) is 0 Å². The van der Waals surface area contributed by atoms with Gasteiger partial charge in [0.2, 0.25) is 0 Å². The van der Waals surface area contributed by atoms with Crippen molar-refractivity contribution in [3.8, 4) is 0 Å². The first kappa shape index (κ1) is 64.8. The molecule has 35 heteroatoms. The molecule has 0 amide bonds. The smallest absolute Gasteiger partial charge is 0.187 e. The second kappa shape index (κ2) is 28.3. The maximum absolute atomic E-state index is 11.8. The van der Waals surface area contributed by atoms with Crippen LogP contribution in [0.3, 0.4) is 0 Å². The van der Waals surface area contributed by atoms with E-state index in [0.717, 1.165) is 0 Å². The maximum Gasteiger partial charge on any atom is 0.187 e. The van der Waals surface area contributed by atoms with E-state index in [9.17, 15) is 106 Å². The van der Waals surface area contributed by atoms with Gasteiger partial charge in [-0.15, -0.1) is 0 Å². The molecule has 77 heavy (non-hydrogen) atoms. The number of aliphatic hydroxyl groups excluding tert-OH is 17. The molecular formula is C42H71O34P-2. The first-order chi connectivity index (χ1) is 36.2. The summed E-state index contributed by atoms with van der Waals surface area (Å²) in [6, 6.07) is 0. The minimum Gasteiger partial charge on any atom is -0.790 e. The molecule has 0 bridgehead atoms.